The lowest BCUT2D eigenvalue weighted by Crippen LogP contribution is -2.47. The standard InChI is InChI=1S/C27H30ClFN2O5/c1-16-11-18(3-6-24(16)36-10-9-30-25(32)7-8-26(30)33)15-31(21-12-20(13-21)27(34)35)17(2)19-4-5-22(28)23(29)14-19/h3-6,11,14,17,20-21H,7-10,12-13,15H2,1-2H3,(H,34,35)/t17?,20-,21-. The van der Waals surface area contributed by atoms with E-state index in [1.54, 1.807) is 12.1 Å². The number of carbonyl (C=O) groups excluding carboxylic acids is 2. The van der Waals surface area contributed by atoms with Gasteiger partial charge in [0.05, 0.1) is 17.5 Å². The summed E-state index contributed by atoms with van der Waals surface area (Å²) in [4.78, 5) is 38.4. The highest BCUT2D eigenvalue weighted by atomic mass is 35.5. The molecule has 0 radical (unpaired) electrons. The SMILES string of the molecule is Cc1cc(CN(C(C)c2ccc(Cl)c(F)c2)[C@H]2C[C@H](C(=O)O)C2)ccc1OCCN1C(=O)CCC1=O. The molecule has 1 saturated carbocycles. The van der Waals surface area contributed by atoms with Crippen molar-refractivity contribution >= 4 is 29.4 Å². The zero-order valence-corrected chi connectivity index (χ0v) is 21.1. The lowest BCUT2D eigenvalue weighted by Gasteiger charge is -2.44. The van der Waals surface area contributed by atoms with Crippen LogP contribution >= 0.6 is 11.6 Å². The van der Waals surface area contributed by atoms with Crippen LogP contribution in [0.25, 0.3) is 0 Å². The fourth-order valence-corrected chi connectivity index (χ4v) is 5.03. The first kappa shape index (κ1) is 26.1. The smallest absolute Gasteiger partial charge is 0.306 e. The highest BCUT2D eigenvalue weighted by molar-refractivity contribution is 6.30. The summed E-state index contributed by atoms with van der Waals surface area (Å²) in [5, 5.41) is 9.41. The number of hydrogen-bond donors (Lipinski definition) is 1. The van der Waals surface area contributed by atoms with E-state index in [9.17, 15) is 23.9 Å². The molecule has 192 valence electrons. The summed E-state index contributed by atoms with van der Waals surface area (Å²) < 4.78 is 20.0. The number of carboxylic acid groups (broad SMARTS) is 1. The van der Waals surface area contributed by atoms with E-state index in [4.69, 9.17) is 16.3 Å². The Hall–Kier alpha value is -2.97. The maximum absolute atomic E-state index is 14.2. The molecule has 36 heavy (non-hydrogen) atoms. The molecule has 7 nitrogen and oxygen atoms in total. The van der Waals surface area contributed by atoms with Gasteiger partial charge in [-0.1, -0.05) is 29.8 Å². The molecule has 2 amide bonds. The molecule has 1 aliphatic carbocycles. The van der Waals surface area contributed by atoms with Gasteiger partial charge in [0.1, 0.15) is 18.2 Å². The van der Waals surface area contributed by atoms with Gasteiger partial charge in [-0.05, 0) is 61.6 Å². The lowest BCUT2D eigenvalue weighted by atomic mass is 9.78. The average Bonchev–Trinajstić information content (AvgIpc) is 3.12. The molecule has 1 unspecified atom stereocenters. The number of rotatable bonds is 10. The molecule has 1 N–H and O–H groups in total. The van der Waals surface area contributed by atoms with E-state index in [0.717, 1.165) is 16.7 Å². The third-order valence-electron chi connectivity index (χ3n) is 7.19. The largest absolute Gasteiger partial charge is 0.491 e. The zero-order chi connectivity index (χ0) is 26.0. The van der Waals surface area contributed by atoms with Gasteiger partial charge in [-0.15, -0.1) is 0 Å². The maximum atomic E-state index is 14.2. The van der Waals surface area contributed by atoms with Crippen LogP contribution in [0, 0.1) is 18.7 Å². The molecular formula is C27H30ClFN2O5. The molecule has 0 aromatic heterocycles. The number of nitrogens with zero attached hydrogens (tertiary/aromatic N) is 2. The molecule has 2 aliphatic rings. The van der Waals surface area contributed by atoms with Crippen LogP contribution in [0.2, 0.25) is 5.02 Å². The summed E-state index contributed by atoms with van der Waals surface area (Å²) in [5.74, 6) is -1.28. The van der Waals surface area contributed by atoms with Gasteiger partial charge in [-0.2, -0.15) is 0 Å². The lowest BCUT2D eigenvalue weighted by molar-refractivity contribution is -0.147. The first-order valence-electron chi connectivity index (χ1n) is 12.1. The minimum absolute atomic E-state index is 0.0617. The second-order valence-corrected chi connectivity index (χ2v) is 9.98. The number of aryl methyl sites for hydroxylation is 1. The molecule has 2 fully saturated rings. The topological polar surface area (TPSA) is 87.2 Å². The van der Waals surface area contributed by atoms with Gasteiger partial charge in [0.15, 0.2) is 0 Å². The second-order valence-electron chi connectivity index (χ2n) is 9.57. The molecule has 1 saturated heterocycles. The molecule has 9 heteroatoms. The minimum Gasteiger partial charge on any atom is -0.491 e. The maximum Gasteiger partial charge on any atom is 0.306 e. The quantitative estimate of drug-likeness (QED) is 0.459. The van der Waals surface area contributed by atoms with Crippen molar-refractivity contribution in [2.24, 2.45) is 5.92 Å². The third kappa shape index (κ3) is 5.71. The molecule has 2 aromatic rings. The first-order chi connectivity index (χ1) is 17.1. The molecule has 1 heterocycles. The monoisotopic (exact) mass is 516 g/mol. The van der Waals surface area contributed by atoms with E-state index in [2.05, 4.69) is 4.90 Å². The van der Waals surface area contributed by atoms with Crippen molar-refractivity contribution < 1.29 is 28.6 Å². The van der Waals surface area contributed by atoms with Crippen molar-refractivity contribution in [2.45, 2.75) is 58.2 Å². The van der Waals surface area contributed by atoms with Crippen molar-refractivity contribution in [3.05, 3.63) is 63.9 Å². The number of imide groups is 1. The van der Waals surface area contributed by atoms with Crippen LogP contribution in [0.4, 0.5) is 4.39 Å². The number of hydrogen-bond acceptors (Lipinski definition) is 5. The number of amides is 2. The molecular weight excluding hydrogens is 487 g/mol. The molecule has 0 bridgehead atoms. The van der Waals surface area contributed by atoms with Gasteiger partial charge in [-0.3, -0.25) is 24.2 Å². The van der Waals surface area contributed by atoms with Crippen LogP contribution in [0.15, 0.2) is 36.4 Å². The minimum atomic E-state index is -0.786. The summed E-state index contributed by atoms with van der Waals surface area (Å²) in [7, 11) is 0. The zero-order valence-electron chi connectivity index (χ0n) is 20.4. The van der Waals surface area contributed by atoms with Crippen LogP contribution in [-0.4, -0.2) is 51.9 Å². The Bertz CT molecular complexity index is 1150. The van der Waals surface area contributed by atoms with Gasteiger partial charge in [-0.25, -0.2) is 4.39 Å². The van der Waals surface area contributed by atoms with E-state index in [-0.39, 0.29) is 60.8 Å². The van der Waals surface area contributed by atoms with Gasteiger partial charge in [0.25, 0.3) is 0 Å². The normalized spacial score (nSPS) is 20.5. The van der Waals surface area contributed by atoms with E-state index >= 15 is 0 Å². The summed E-state index contributed by atoms with van der Waals surface area (Å²) in [5.41, 5.74) is 2.71. The average molecular weight is 517 g/mol. The summed E-state index contributed by atoms with van der Waals surface area (Å²) in [6.07, 6.45) is 1.62. The summed E-state index contributed by atoms with van der Waals surface area (Å²) in [6.45, 7) is 4.93. The Balaban J connectivity index is 1.45. The van der Waals surface area contributed by atoms with Crippen LogP contribution in [0.5, 0.6) is 5.75 Å². The fourth-order valence-electron chi connectivity index (χ4n) is 4.91. The van der Waals surface area contributed by atoms with Crippen LogP contribution in [0.1, 0.15) is 55.3 Å². The molecule has 4 rings (SSSR count). The number of halogens is 2. The van der Waals surface area contributed by atoms with Gasteiger partial charge < -0.3 is 9.84 Å². The number of benzene rings is 2. The predicted octanol–water partition coefficient (Wildman–Crippen LogP) is 4.74. The number of ether oxygens (including phenoxy) is 1. The van der Waals surface area contributed by atoms with Gasteiger partial charge in [0.2, 0.25) is 11.8 Å². The van der Waals surface area contributed by atoms with E-state index in [1.165, 1.54) is 11.0 Å². The molecule has 1 atom stereocenters. The molecule has 1 aliphatic heterocycles. The van der Waals surface area contributed by atoms with Crippen molar-refractivity contribution in [1.82, 2.24) is 9.80 Å². The van der Waals surface area contributed by atoms with Crippen LogP contribution in [0.3, 0.4) is 0 Å². The number of aliphatic carboxylic acids is 1. The fraction of sp³-hybridized carbons (Fsp3) is 0.444. The van der Waals surface area contributed by atoms with Gasteiger partial charge in [0, 0.05) is 31.5 Å². The summed E-state index contributed by atoms with van der Waals surface area (Å²) >= 11 is 5.87. The number of likely N-dealkylation sites (tertiary alicyclic amines) is 1. The van der Waals surface area contributed by atoms with E-state index in [0.29, 0.717) is 25.1 Å². The van der Waals surface area contributed by atoms with Crippen molar-refractivity contribution in [3.63, 3.8) is 0 Å². The predicted molar refractivity (Wildman–Crippen MR) is 132 cm³/mol. The van der Waals surface area contributed by atoms with Crippen LogP contribution in [-0.2, 0) is 20.9 Å². The first-order valence-corrected chi connectivity index (χ1v) is 12.5. The Morgan fingerprint density at radius 3 is 2.50 bits per heavy atom. The van der Waals surface area contributed by atoms with Crippen molar-refractivity contribution in [3.8, 4) is 5.75 Å². The molecule has 2 aromatic carbocycles. The van der Waals surface area contributed by atoms with Crippen LogP contribution < -0.4 is 4.74 Å². The molecule has 0 spiro atoms. The Labute approximate surface area is 214 Å². The second kappa shape index (κ2) is 11.0. The number of carboxylic acids is 1. The van der Waals surface area contributed by atoms with Gasteiger partial charge >= 0.3 is 5.97 Å². The van der Waals surface area contributed by atoms with E-state index in [1.807, 2.05) is 32.0 Å². The Kier molecular flexibility index (Phi) is 7.95. The third-order valence-corrected chi connectivity index (χ3v) is 7.49. The highest BCUT2D eigenvalue weighted by Crippen LogP contribution is 2.38. The highest BCUT2D eigenvalue weighted by Gasteiger charge is 2.40. The van der Waals surface area contributed by atoms with Crippen molar-refractivity contribution in [1.29, 1.82) is 0 Å². The van der Waals surface area contributed by atoms with Crippen molar-refractivity contribution in [2.75, 3.05) is 13.2 Å². The summed E-state index contributed by atoms with van der Waals surface area (Å²) in [6, 6.07) is 10.5. The number of carbonyl (C=O) groups is 3. The Morgan fingerprint density at radius 2 is 1.89 bits per heavy atom. The Morgan fingerprint density at radius 1 is 1.19 bits per heavy atom. The van der Waals surface area contributed by atoms with E-state index < -0.39 is 11.8 Å².